The van der Waals surface area contributed by atoms with Crippen LogP contribution in [0.3, 0.4) is 0 Å². The molecule has 0 radical (unpaired) electrons. The van der Waals surface area contributed by atoms with Crippen molar-refractivity contribution in [1.82, 2.24) is 4.90 Å². The molecular weight excluding hydrogens is 256 g/mol. The van der Waals surface area contributed by atoms with Gasteiger partial charge in [0.15, 0.2) is 0 Å². The van der Waals surface area contributed by atoms with Gasteiger partial charge >= 0.3 is 0 Å². The molecule has 4 heteroatoms. The van der Waals surface area contributed by atoms with Crippen molar-refractivity contribution in [3.05, 3.63) is 22.4 Å². The van der Waals surface area contributed by atoms with E-state index in [4.69, 9.17) is 5.73 Å². The van der Waals surface area contributed by atoms with Gasteiger partial charge in [-0.05, 0) is 31.2 Å². The van der Waals surface area contributed by atoms with Crippen LogP contribution in [0.4, 0.5) is 0 Å². The molecule has 1 aliphatic rings. The quantitative estimate of drug-likeness (QED) is 0.843. The van der Waals surface area contributed by atoms with Crippen molar-refractivity contribution in [2.45, 2.75) is 57.2 Å². The van der Waals surface area contributed by atoms with E-state index in [0.29, 0.717) is 6.04 Å². The van der Waals surface area contributed by atoms with E-state index in [2.05, 4.69) is 29.3 Å². The fourth-order valence-electron chi connectivity index (χ4n) is 3.26. The molecule has 0 amide bonds. The van der Waals surface area contributed by atoms with E-state index in [1.807, 2.05) is 0 Å². The molecule has 3 N–H and O–H groups in total. The molecule has 108 valence electrons. The third-order valence-corrected chi connectivity index (χ3v) is 5.03. The zero-order valence-corrected chi connectivity index (χ0v) is 12.6. The molecular formula is C15H26N2OS. The minimum Gasteiger partial charge on any atom is -0.395 e. The summed E-state index contributed by atoms with van der Waals surface area (Å²) in [5.41, 5.74) is 6.25. The van der Waals surface area contributed by atoms with Crippen LogP contribution in [0.1, 0.15) is 49.9 Å². The Kier molecular flexibility index (Phi) is 5.82. The van der Waals surface area contributed by atoms with Gasteiger partial charge in [-0.1, -0.05) is 25.3 Å². The second-order valence-electron chi connectivity index (χ2n) is 5.57. The molecule has 1 aliphatic carbocycles. The number of thiophene rings is 1. The summed E-state index contributed by atoms with van der Waals surface area (Å²) in [6.45, 7) is 3.03. The van der Waals surface area contributed by atoms with Crippen LogP contribution in [0, 0.1) is 0 Å². The predicted molar refractivity (Wildman–Crippen MR) is 81.4 cm³/mol. The Morgan fingerprint density at radius 2 is 2.16 bits per heavy atom. The summed E-state index contributed by atoms with van der Waals surface area (Å²) in [6.07, 6.45) is 6.46. The van der Waals surface area contributed by atoms with Crippen LogP contribution in [0.5, 0.6) is 0 Å². The summed E-state index contributed by atoms with van der Waals surface area (Å²) in [4.78, 5) is 3.78. The van der Waals surface area contributed by atoms with E-state index in [-0.39, 0.29) is 18.7 Å². The van der Waals surface area contributed by atoms with Gasteiger partial charge in [-0.3, -0.25) is 4.90 Å². The molecule has 3 nitrogen and oxygen atoms in total. The van der Waals surface area contributed by atoms with Gasteiger partial charge < -0.3 is 10.8 Å². The predicted octanol–water partition coefficient (Wildman–Crippen LogP) is 2.76. The van der Waals surface area contributed by atoms with Crippen LogP contribution in [-0.4, -0.2) is 35.2 Å². The monoisotopic (exact) mass is 282 g/mol. The molecule has 2 unspecified atom stereocenters. The molecule has 1 fully saturated rings. The SMILES string of the molecule is CC(N)C(c1cccs1)N(CCO)C1CCCCC1. The van der Waals surface area contributed by atoms with Crippen molar-refractivity contribution in [3.8, 4) is 0 Å². The van der Waals surface area contributed by atoms with E-state index in [1.165, 1.54) is 37.0 Å². The second-order valence-corrected chi connectivity index (χ2v) is 6.55. The highest BCUT2D eigenvalue weighted by molar-refractivity contribution is 7.10. The maximum atomic E-state index is 9.42. The van der Waals surface area contributed by atoms with Gasteiger partial charge in [0.25, 0.3) is 0 Å². The fraction of sp³-hybridized carbons (Fsp3) is 0.733. The third kappa shape index (κ3) is 3.78. The lowest BCUT2D eigenvalue weighted by molar-refractivity contribution is 0.0715. The highest BCUT2D eigenvalue weighted by Gasteiger charge is 2.31. The molecule has 0 spiro atoms. The van der Waals surface area contributed by atoms with Crippen molar-refractivity contribution in [3.63, 3.8) is 0 Å². The van der Waals surface area contributed by atoms with Crippen LogP contribution < -0.4 is 5.73 Å². The summed E-state index contributed by atoms with van der Waals surface area (Å²) >= 11 is 1.77. The van der Waals surface area contributed by atoms with Crippen LogP contribution >= 0.6 is 11.3 Å². The largest absolute Gasteiger partial charge is 0.395 e. The summed E-state index contributed by atoms with van der Waals surface area (Å²) in [5, 5.41) is 11.5. The molecule has 0 saturated heterocycles. The van der Waals surface area contributed by atoms with Crippen molar-refractivity contribution in [1.29, 1.82) is 0 Å². The molecule has 0 aliphatic heterocycles. The number of nitrogens with two attached hydrogens (primary N) is 1. The smallest absolute Gasteiger partial charge is 0.0593 e. The van der Waals surface area contributed by atoms with E-state index in [1.54, 1.807) is 11.3 Å². The summed E-state index contributed by atoms with van der Waals surface area (Å²) in [6, 6.07) is 5.18. The first-order valence-electron chi connectivity index (χ1n) is 7.39. The zero-order chi connectivity index (χ0) is 13.7. The number of aliphatic hydroxyl groups is 1. The normalized spacial score (nSPS) is 20.6. The Labute approximate surface area is 120 Å². The molecule has 0 aromatic carbocycles. The van der Waals surface area contributed by atoms with Crippen LogP contribution in [0.2, 0.25) is 0 Å². The first-order chi connectivity index (χ1) is 9.24. The second kappa shape index (κ2) is 7.39. The van der Waals surface area contributed by atoms with Crippen LogP contribution in [-0.2, 0) is 0 Å². The topological polar surface area (TPSA) is 49.5 Å². The number of hydrogen-bond acceptors (Lipinski definition) is 4. The number of hydrogen-bond donors (Lipinski definition) is 2. The summed E-state index contributed by atoms with van der Waals surface area (Å²) < 4.78 is 0. The van der Waals surface area contributed by atoms with Crippen molar-refractivity contribution < 1.29 is 5.11 Å². The number of aliphatic hydroxyl groups excluding tert-OH is 1. The number of rotatable bonds is 6. The lowest BCUT2D eigenvalue weighted by Crippen LogP contribution is -2.46. The van der Waals surface area contributed by atoms with Gasteiger partial charge in [-0.2, -0.15) is 0 Å². The van der Waals surface area contributed by atoms with Crippen molar-refractivity contribution in [2.75, 3.05) is 13.2 Å². The molecule has 19 heavy (non-hydrogen) atoms. The van der Waals surface area contributed by atoms with Crippen molar-refractivity contribution >= 4 is 11.3 Å². The van der Waals surface area contributed by atoms with Crippen LogP contribution in [0.15, 0.2) is 17.5 Å². The highest BCUT2D eigenvalue weighted by Crippen LogP contribution is 2.33. The minimum absolute atomic E-state index is 0.0899. The summed E-state index contributed by atoms with van der Waals surface area (Å²) in [7, 11) is 0. The Balaban J connectivity index is 2.18. The Bertz CT molecular complexity index is 347. The first-order valence-corrected chi connectivity index (χ1v) is 8.27. The number of nitrogens with zero attached hydrogens (tertiary/aromatic N) is 1. The van der Waals surface area contributed by atoms with E-state index in [9.17, 15) is 5.11 Å². The summed E-state index contributed by atoms with van der Waals surface area (Å²) in [5.74, 6) is 0. The molecule has 1 aromatic rings. The standard InChI is InChI=1S/C15H26N2OS/c1-12(16)15(14-8-5-11-19-14)17(9-10-18)13-6-3-2-4-7-13/h5,8,11-13,15,18H,2-4,6-7,9-10,16H2,1H3. The van der Waals surface area contributed by atoms with Gasteiger partial charge in [0.05, 0.1) is 12.6 Å². The van der Waals surface area contributed by atoms with Gasteiger partial charge in [0.2, 0.25) is 0 Å². The lowest BCUT2D eigenvalue weighted by atomic mass is 9.92. The maximum absolute atomic E-state index is 9.42. The van der Waals surface area contributed by atoms with Crippen molar-refractivity contribution in [2.24, 2.45) is 5.73 Å². The Hall–Kier alpha value is -0.420. The van der Waals surface area contributed by atoms with E-state index < -0.39 is 0 Å². The molecule has 2 rings (SSSR count). The third-order valence-electron chi connectivity index (χ3n) is 4.09. The average molecular weight is 282 g/mol. The highest BCUT2D eigenvalue weighted by atomic mass is 32.1. The average Bonchev–Trinajstić information content (AvgIpc) is 2.92. The molecule has 0 bridgehead atoms. The molecule has 1 saturated carbocycles. The molecule has 2 atom stereocenters. The fourth-order valence-corrected chi connectivity index (χ4v) is 4.22. The lowest BCUT2D eigenvalue weighted by Gasteiger charge is -2.41. The Morgan fingerprint density at radius 1 is 1.42 bits per heavy atom. The first kappa shape index (κ1) is 15.0. The van der Waals surface area contributed by atoms with E-state index in [0.717, 1.165) is 6.54 Å². The Morgan fingerprint density at radius 3 is 2.68 bits per heavy atom. The maximum Gasteiger partial charge on any atom is 0.0593 e. The minimum atomic E-state index is 0.0899. The van der Waals surface area contributed by atoms with Gasteiger partial charge in [0.1, 0.15) is 0 Å². The van der Waals surface area contributed by atoms with Gasteiger partial charge in [-0.25, -0.2) is 0 Å². The molecule has 1 heterocycles. The van der Waals surface area contributed by atoms with E-state index >= 15 is 0 Å². The molecule has 1 aromatic heterocycles. The van der Waals surface area contributed by atoms with Gasteiger partial charge in [-0.15, -0.1) is 11.3 Å². The van der Waals surface area contributed by atoms with Gasteiger partial charge in [0, 0.05) is 23.5 Å². The van der Waals surface area contributed by atoms with Crippen LogP contribution in [0.25, 0.3) is 0 Å². The zero-order valence-electron chi connectivity index (χ0n) is 11.8.